The summed E-state index contributed by atoms with van der Waals surface area (Å²) in [5.74, 6) is -1.05. The molecule has 8 nitrogen and oxygen atoms in total. The number of carbonyl (C=O) groups is 2. The lowest BCUT2D eigenvalue weighted by Crippen LogP contribution is -2.47. The van der Waals surface area contributed by atoms with Crippen molar-refractivity contribution in [2.24, 2.45) is 0 Å². The van der Waals surface area contributed by atoms with Crippen molar-refractivity contribution in [3.05, 3.63) is 48.0 Å². The number of aromatic nitrogens is 3. The number of likely N-dealkylation sites (tertiary alicyclic amines) is 1. The Morgan fingerprint density at radius 1 is 1.30 bits per heavy atom. The number of amides is 2. The molecule has 1 unspecified atom stereocenters. The number of nitrogens with zero attached hydrogens (tertiary/aromatic N) is 4. The minimum atomic E-state index is -4.40. The molecule has 2 aliphatic heterocycles. The zero-order chi connectivity index (χ0) is 28.7. The molecule has 5 rings (SSSR count). The topological polar surface area (TPSA) is 91.4 Å². The highest BCUT2D eigenvalue weighted by Gasteiger charge is 2.50. The summed E-state index contributed by atoms with van der Waals surface area (Å²) >= 11 is 0. The van der Waals surface area contributed by atoms with Crippen molar-refractivity contribution in [2.75, 3.05) is 18.0 Å². The summed E-state index contributed by atoms with van der Waals surface area (Å²) in [6.07, 6.45) is -0.572. The molecule has 0 bridgehead atoms. The maximum atomic E-state index is 15.2. The highest BCUT2D eigenvalue weighted by atomic mass is 19.4. The quantitative estimate of drug-likeness (QED) is 0.359. The van der Waals surface area contributed by atoms with Crippen molar-refractivity contribution in [2.45, 2.75) is 76.1 Å². The van der Waals surface area contributed by atoms with Crippen LogP contribution in [0.3, 0.4) is 0 Å². The lowest BCUT2D eigenvalue weighted by molar-refractivity contribution is -0.151. The van der Waals surface area contributed by atoms with E-state index in [-0.39, 0.29) is 36.7 Å². The third-order valence-electron chi connectivity index (χ3n) is 8.00. The number of rotatable bonds is 9. The number of halogens is 4. The molecule has 40 heavy (non-hydrogen) atoms. The Hall–Kier alpha value is -3.70. The second-order valence-corrected chi connectivity index (χ2v) is 10.7. The maximum Gasteiger partial charge on any atom is 0.391 e. The largest absolute Gasteiger partial charge is 0.489 e. The third-order valence-corrected chi connectivity index (χ3v) is 8.00. The minimum absolute atomic E-state index is 0.192. The molecule has 1 fully saturated rings. The molecule has 214 valence electrons. The molecule has 0 spiro atoms. The van der Waals surface area contributed by atoms with Crippen LogP contribution in [0.15, 0.2) is 36.7 Å². The first-order valence-electron chi connectivity index (χ1n) is 13.4. The van der Waals surface area contributed by atoms with E-state index in [2.05, 4.69) is 15.2 Å². The van der Waals surface area contributed by atoms with Crippen LogP contribution in [0.25, 0.3) is 11.0 Å². The summed E-state index contributed by atoms with van der Waals surface area (Å²) in [5, 5.41) is 7.52. The molecular formula is C28H31F4N5O3. The van der Waals surface area contributed by atoms with Gasteiger partial charge in [0.05, 0.1) is 36.0 Å². The van der Waals surface area contributed by atoms with E-state index in [1.54, 1.807) is 25.4 Å². The molecular weight excluding hydrogens is 530 g/mol. The van der Waals surface area contributed by atoms with E-state index in [0.717, 1.165) is 5.39 Å². The number of anilines is 1. The molecule has 4 heterocycles. The number of nitrogens with one attached hydrogen (secondary N) is 1. The standard InChI is InChI=1S/C28H31F4N5O3/c1-3-19(40-20-12-17-14-34-35-25(17)33-15-20)9-10-27(2)24-21(29)7-4-8-22(24)37(26(27)39)16-23(38)36-11-5-6-18(36)13-28(30,31)32/h4,7-8,12,14-15,18-19H,3,5-6,9-11,13,16H2,1-2H3,(H,33,34,35)/t18-,19?,27+/m1/s1. The third kappa shape index (κ3) is 5.35. The van der Waals surface area contributed by atoms with Crippen molar-refractivity contribution in [3.63, 3.8) is 0 Å². The summed E-state index contributed by atoms with van der Waals surface area (Å²) in [7, 11) is 0. The van der Waals surface area contributed by atoms with E-state index in [0.29, 0.717) is 30.7 Å². The van der Waals surface area contributed by atoms with Crippen LogP contribution in [0, 0.1) is 5.82 Å². The number of carbonyl (C=O) groups excluding carboxylic acids is 2. The van der Waals surface area contributed by atoms with Gasteiger partial charge in [-0.2, -0.15) is 18.3 Å². The molecule has 1 saturated heterocycles. The normalized spacial score (nSPS) is 21.8. The van der Waals surface area contributed by atoms with Gasteiger partial charge in [0, 0.05) is 23.5 Å². The van der Waals surface area contributed by atoms with Gasteiger partial charge in [0.1, 0.15) is 18.1 Å². The van der Waals surface area contributed by atoms with Gasteiger partial charge in [-0.05, 0) is 57.2 Å². The Labute approximate surface area is 228 Å². The van der Waals surface area contributed by atoms with Gasteiger partial charge in [0.15, 0.2) is 5.65 Å². The predicted octanol–water partition coefficient (Wildman–Crippen LogP) is 5.28. The number of H-pyrrole nitrogens is 1. The van der Waals surface area contributed by atoms with Crippen LogP contribution >= 0.6 is 0 Å². The SMILES string of the molecule is CCC(CC[C@]1(C)C(=O)N(CC(=O)N2CCC[C@@H]2CC(F)(F)F)c2cccc(F)c21)Oc1cnc2[nH]ncc2c1. The monoisotopic (exact) mass is 561 g/mol. The Balaban J connectivity index is 1.33. The molecule has 12 heteroatoms. The summed E-state index contributed by atoms with van der Waals surface area (Å²) in [5.41, 5.74) is -0.181. The number of fused-ring (bicyclic) bond motifs is 2. The fraction of sp³-hybridized carbons (Fsp3) is 0.500. The second kappa shape index (κ2) is 10.7. The van der Waals surface area contributed by atoms with Gasteiger partial charge >= 0.3 is 6.18 Å². The molecule has 2 aromatic heterocycles. The first kappa shape index (κ1) is 27.9. The summed E-state index contributed by atoms with van der Waals surface area (Å²) in [6, 6.07) is 5.16. The van der Waals surface area contributed by atoms with Crippen LogP contribution in [0.4, 0.5) is 23.2 Å². The minimum Gasteiger partial charge on any atom is -0.489 e. The lowest BCUT2D eigenvalue weighted by atomic mass is 9.78. The zero-order valence-electron chi connectivity index (χ0n) is 22.3. The summed E-state index contributed by atoms with van der Waals surface area (Å²) in [6.45, 7) is 3.35. The Morgan fingerprint density at radius 2 is 2.10 bits per heavy atom. The fourth-order valence-electron chi connectivity index (χ4n) is 5.93. The van der Waals surface area contributed by atoms with Gasteiger partial charge in [0.25, 0.3) is 0 Å². The van der Waals surface area contributed by atoms with Crippen LogP contribution in [-0.2, 0) is 15.0 Å². The van der Waals surface area contributed by atoms with Gasteiger partial charge in [0.2, 0.25) is 11.8 Å². The van der Waals surface area contributed by atoms with Crippen LogP contribution in [-0.4, -0.2) is 63.3 Å². The van der Waals surface area contributed by atoms with E-state index >= 15 is 4.39 Å². The van der Waals surface area contributed by atoms with E-state index in [4.69, 9.17) is 4.74 Å². The second-order valence-electron chi connectivity index (χ2n) is 10.7. The molecule has 1 aromatic carbocycles. The highest BCUT2D eigenvalue weighted by molar-refractivity contribution is 6.10. The van der Waals surface area contributed by atoms with Crippen LogP contribution in [0.1, 0.15) is 57.9 Å². The number of alkyl halides is 3. The van der Waals surface area contributed by atoms with Gasteiger partial charge < -0.3 is 14.5 Å². The predicted molar refractivity (Wildman–Crippen MR) is 139 cm³/mol. The molecule has 2 aliphatic rings. The van der Waals surface area contributed by atoms with E-state index < -0.39 is 48.2 Å². The van der Waals surface area contributed by atoms with Crippen LogP contribution in [0.5, 0.6) is 5.75 Å². The number of benzene rings is 1. The van der Waals surface area contributed by atoms with Crippen LogP contribution in [0.2, 0.25) is 0 Å². The Morgan fingerprint density at radius 3 is 2.85 bits per heavy atom. The smallest absolute Gasteiger partial charge is 0.391 e. The molecule has 2 amide bonds. The lowest BCUT2D eigenvalue weighted by Gasteiger charge is -2.29. The van der Waals surface area contributed by atoms with Crippen molar-refractivity contribution in [1.82, 2.24) is 20.1 Å². The van der Waals surface area contributed by atoms with Gasteiger partial charge in [-0.3, -0.25) is 14.7 Å². The molecule has 0 aliphatic carbocycles. The van der Waals surface area contributed by atoms with Gasteiger partial charge in [-0.1, -0.05) is 13.0 Å². The van der Waals surface area contributed by atoms with Gasteiger partial charge in [-0.25, -0.2) is 9.37 Å². The van der Waals surface area contributed by atoms with E-state index in [1.807, 2.05) is 13.0 Å². The molecule has 0 saturated carbocycles. The Bertz CT molecular complexity index is 1410. The fourth-order valence-corrected chi connectivity index (χ4v) is 5.93. The first-order valence-corrected chi connectivity index (χ1v) is 13.4. The summed E-state index contributed by atoms with van der Waals surface area (Å²) in [4.78, 5) is 33.7. The maximum absolute atomic E-state index is 15.2. The highest BCUT2D eigenvalue weighted by Crippen LogP contribution is 2.46. The number of pyridine rings is 1. The van der Waals surface area contributed by atoms with Crippen molar-refractivity contribution < 1.29 is 31.9 Å². The van der Waals surface area contributed by atoms with E-state index in [1.165, 1.54) is 21.9 Å². The number of hydrogen-bond acceptors (Lipinski definition) is 5. The average Bonchev–Trinajstić information content (AvgIpc) is 3.61. The first-order chi connectivity index (χ1) is 19.0. The van der Waals surface area contributed by atoms with Crippen molar-refractivity contribution >= 4 is 28.5 Å². The summed E-state index contributed by atoms with van der Waals surface area (Å²) < 4.78 is 60.6. The molecule has 3 atom stereocenters. The van der Waals surface area contributed by atoms with Gasteiger partial charge in [-0.15, -0.1) is 0 Å². The van der Waals surface area contributed by atoms with E-state index in [9.17, 15) is 22.8 Å². The average molecular weight is 562 g/mol. The Kier molecular flexibility index (Phi) is 7.45. The number of hydrogen-bond donors (Lipinski definition) is 1. The van der Waals surface area contributed by atoms with Crippen molar-refractivity contribution in [3.8, 4) is 5.75 Å². The molecule has 1 N–H and O–H groups in total. The number of aromatic amines is 1. The zero-order valence-corrected chi connectivity index (χ0v) is 22.3. The molecule has 0 radical (unpaired) electrons. The number of ether oxygens (including phenoxy) is 1. The van der Waals surface area contributed by atoms with Crippen LogP contribution < -0.4 is 9.64 Å². The van der Waals surface area contributed by atoms with Crippen molar-refractivity contribution in [1.29, 1.82) is 0 Å². The molecule has 3 aromatic rings.